The van der Waals surface area contributed by atoms with Gasteiger partial charge in [0.15, 0.2) is 5.76 Å². The van der Waals surface area contributed by atoms with Gasteiger partial charge in [-0.15, -0.1) is 0 Å². The van der Waals surface area contributed by atoms with Crippen LogP contribution in [0.4, 0.5) is 0 Å². The lowest BCUT2D eigenvalue weighted by Crippen LogP contribution is -2.47. The molecule has 2 aromatic rings. The van der Waals surface area contributed by atoms with E-state index >= 15 is 0 Å². The Kier molecular flexibility index (Phi) is 5.85. The van der Waals surface area contributed by atoms with Crippen LogP contribution in [-0.4, -0.2) is 42.4 Å². The molecule has 0 radical (unpaired) electrons. The highest BCUT2D eigenvalue weighted by atomic mass is 16.3. The Labute approximate surface area is 147 Å². The number of benzene rings is 1. The molecular weight excluding hydrogens is 318 g/mol. The maximum absolute atomic E-state index is 12.0. The Morgan fingerprint density at radius 1 is 1.08 bits per heavy atom. The molecule has 1 aromatic carbocycles. The highest BCUT2D eigenvalue weighted by molar-refractivity contribution is 5.94. The van der Waals surface area contributed by atoms with Gasteiger partial charge in [0.05, 0.1) is 12.8 Å². The number of likely N-dealkylation sites (tertiary alicyclic amines) is 1. The first-order valence-electron chi connectivity index (χ1n) is 8.58. The zero-order chi connectivity index (χ0) is 17.5. The Morgan fingerprint density at radius 3 is 2.52 bits per heavy atom. The lowest BCUT2D eigenvalue weighted by atomic mass is 10.0. The van der Waals surface area contributed by atoms with Crippen LogP contribution < -0.4 is 10.6 Å². The molecule has 2 heterocycles. The van der Waals surface area contributed by atoms with Crippen LogP contribution in [0.3, 0.4) is 0 Å². The Morgan fingerprint density at radius 2 is 1.84 bits per heavy atom. The molecular formula is C19H23N3O3. The van der Waals surface area contributed by atoms with E-state index in [2.05, 4.69) is 39.8 Å². The van der Waals surface area contributed by atoms with Crippen molar-refractivity contribution < 1.29 is 14.0 Å². The standard InChI is InChI=1S/C19H23N3O3/c23-18(13-20-19(24)17-7-4-12-25-17)21-16-8-10-22(11-9-16)14-15-5-2-1-3-6-15/h1-7,12,16H,8-11,13-14H2,(H,20,24)(H,21,23). The molecule has 0 bridgehead atoms. The van der Waals surface area contributed by atoms with E-state index in [9.17, 15) is 9.59 Å². The summed E-state index contributed by atoms with van der Waals surface area (Å²) in [6, 6.07) is 13.8. The Bertz CT molecular complexity index is 677. The van der Waals surface area contributed by atoms with Gasteiger partial charge in [-0.05, 0) is 30.5 Å². The summed E-state index contributed by atoms with van der Waals surface area (Å²) < 4.78 is 4.99. The molecule has 6 nitrogen and oxygen atoms in total. The van der Waals surface area contributed by atoms with Crippen molar-refractivity contribution in [3.63, 3.8) is 0 Å². The van der Waals surface area contributed by atoms with Gasteiger partial charge in [0.1, 0.15) is 0 Å². The van der Waals surface area contributed by atoms with Crippen LogP contribution in [0.1, 0.15) is 29.0 Å². The van der Waals surface area contributed by atoms with Gasteiger partial charge in [0.25, 0.3) is 5.91 Å². The first kappa shape index (κ1) is 17.2. The van der Waals surface area contributed by atoms with Crippen LogP contribution >= 0.6 is 0 Å². The third-order valence-electron chi connectivity index (χ3n) is 4.36. The fraction of sp³-hybridized carbons (Fsp3) is 0.368. The molecule has 25 heavy (non-hydrogen) atoms. The van der Waals surface area contributed by atoms with Crippen LogP contribution in [0.2, 0.25) is 0 Å². The Balaban J connectivity index is 1.35. The summed E-state index contributed by atoms with van der Waals surface area (Å²) in [6.07, 6.45) is 3.27. The highest BCUT2D eigenvalue weighted by Crippen LogP contribution is 2.13. The number of hydrogen-bond donors (Lipinski definition) is 2. The van der Waals surface area contributed by atoms with E-state index in [0.717, 1.165) is 32.5 Å². The molecule has 1 saturated heterocycles. The minimum atomic E-state index is -0.377. The summed E-state index contributed by atoms with van der Waals surface area (Å²) in [5.41, 5.74) is 1.31. The van der Waals surface area contributed by atoms with E-state index in [1.807, 2.05) is 6.07 Å². The second-order valence-electron chi connectivity index (χ2n) is 6.26. The monoisotopic (exact) mass is 341 g/mol. The minimum absolute atomic E-state index is 0.0379. The van der Waals surface area contributed by atoms with Crippen molar-refractivity contribution >= 4 is 11.8 Å². The highest BCUT2D eigenvalue weighted by Gasteiger charge is 2.21. The molecule has 2 amide bonds. The molecule has 0 unspecified atom stereocenters. The number of piperidine rings is 1. The summed E-state index contributed by atoms with van der Waals surface area (Å²) in [4.78, 5) is 26.1. The molecule has 0 atom stereocenters. The third-order valence-corrected chi connectivity index (χ3v) is 4.36. The average Bonchev–Trinajstić information content (AvgIpc) is 3.17. The molecule has 1 aliphatic heterocycles. The zero-order valence-corrected chi connectivity index (χ0v) is 14.1. The van der Waals surface area contributed by atoms with Crippen molar-refractivity contribution in [3.8, 4) is 0 Å². The fourth-order valence-electron chi connectivity index (χ4n) is 3.01. The zero-order valence-electron chi connectivity index (χ0n) is 14.1. The number of nitrogens with zero attached hydrogens (tertiary/aromatic N) is 1. The van der Waals surface area contributed by atoms with Crippen molar-refractivity contribution in [2.75, 3.05) is 19.6 Å². The summed E-state index contributed by atoms with van der Waals surface area (Å²) >= 11 is 0. The van der Waals surface area contributed by atoms with E-state index in [0.29, 0.717) is 0 Å². The first-order valence-corrected chi connectivity index (χ1v) is 8.58. The van der Waals surface area contributed by atoms with Crippen molar-refractivity contribution in [2.45, 2.75) is 25.4 Å². The van der Waals surface area contributed by atoms with Crippen LogP contribution in [0.25, 0.3) is 0 Å². The number of amides is 2. The van der Waals surface area contributed by atoms with E-state index in [4.69, 9.17) is 4.42 Å². The summed E-state index contributed by atoms with van der Waals surface area (Å²) in [5.74, 6) is -0.332. The van der Waals surface area contributed by atoms with Gasteiger partial charge < -0.3 is 15.1 Å². The minimum Gasteiger partial charge on any atom is -0.459 e. The topological polar surface area (TPSA) is 74.6 Å². The second-order valence-corrected chi connectivity index (χ2v) is 6.26. The third kappa shape index (κ3) is 5.19. The lowest BCUT2D eigenvalue weighted by molar-refractivity contribution is -0.121. The van der Waals surface area contributed by atoms with Crippen LogP contribution in [0, 0.1) is 0 Å². The smallest absolute Gasteiger partial charge is 0.287 e. The van der Waals surface area contributed by atoms with Gasteiger partial charge in [0.2, 0.25) is 5.91 Å². The van der Waals surface area contributed by atoms with E-state index in [1.54, 1.807) is 12.1 Å². The maximum Gasteiger partial charge on any atom is 0.287 e. The number of hydrogen-bond acceptors (Lipinski definition) is 4. The van der Waals surface area contributed by atoms with Gasteiger partial charge in [-0.2, -0.15) is 0 Å². The van der Waals surface area contributed by atoms with Gasteiger partial charge in [0, 0.05) is 25.7 Å². The maximum atomic E-state index is 12.0. The van der Waals surface area contributed by atoms with E-state index in [1.165, 1.54) is 11.8 Å². The van der Waals surface area contributed by atoms with Crippen molar-refractivity contribution in [3.05, 3.63) is 60.1 Å². The molecule has 2 N–H and O–H groups in total. The number of carbonyl (C=O) groups is 2. The van der Waals surface area contributed by atoms with E-state index < -0.39 is 0 Å². The quantitative estimate of drug-likeness (QED) is 0.840. The van der Waals surface area contributed by atoms with Crippen LogP contribution in [0.5, 0.6) is 0 Å². The van der Waals surface area contributed by atoms with Crippen LogP contribution in [-0.2, 0) is 11.3 Å². The number of carbonyl (C=O) groups excluding carboxylic acids is 2. The molecule has 0 aliphatic carbocycles. The number of nitrogens with one attached hydrogen (secondary N) is 2. The van der Waals surface area contributed by atoms with Gasteiger partial charge >= 0.3 is 0 Å². The number of rotatable bonds is 6. The average molecular weight is 341 g/mol. The molecule has 1 aliphatic rings. The molecule has 6 heteroatoms. The molecule has 0 saturated carbocycles. The molecule has 132 valence electrons. The summed E-state index contributed by atoms with van der Waals surface area (Å²) in [5, 5.41) is 5.55. The lowest BCUT2D eigenvalue weighted by Gasteiger charge is -2.32. The normalized spacial score (nSPS) is 15.7. The van der Waals surface area contributed by atoms with Crippen molar-refractivity contribution in [2.24, 2.45) is 0 Å². The second kappa shape index (κ2) is 8.48. The van der Waals surface area contributed by atoms with E-state index in [-0.39, 0.29) is 30.2 Å². The largest absolute Gasteiger partial charge is 0.459 e. The SMILES string of the molecule is O=C(CNC(=O)c1ccco1)NC1CCN(Cc2ccccc2)CC1. The molecule has 1 fully saturated rings. The molecule has 3 rings (SSSR count). The summed E-state index contributed by atoms with van der Waals surface area (Å²) in [7, 11) is 0. The van der Waals surface area contributed by atoms with Gasteiger partial charge in [-0.1, -0.05) is 30.3 Å². The first-order chi connectivity index (χ1) is 12.2. The van der Waals surface area contributed by atoms with Crippen molar-refractivity contribution in [1.29, 1.82) is 0 Å². The summed E-state index contributed by atoms with van der Waals surface area (Å²) in [6.45, 7) is 2.82. The molecule has 0 spiro atoms. The van der Waals surface area contributed by atoms with Crippen LogP contribution in [0.15, 0.2) is 53.1 Å². The Hall–Kier alpha value is -2.60. The van der Waals surface area contributed by atoms with Gasteiger partial charge in [-0.25, -0.2) is 0 Å². The van der Waals surface area contributed by atoms with Crippen molar-refractivity contribution in [1.82, 2.24) is 15.5 Å². The fourth-order valence-corrected chi connectivity index (χ4v) is 3.01. The number of furan rings is 1. The predicted molar refractivity (Wildman–Crippen MR) is 93.9 cm³/mol. The molecule has 1 aromatic heterocycles. The van der Waals surface area contributed by atoms with Gasteiger partial charge in [-0.3, -0.25) is 14.5 Å². The predicted octanol–water partition coefficient (Wildman–Crippen LogP) is 1.79.